The Kier molecular flexibility index (Phi) is 11.9. The van der Waals surface area contributed by atoms with E-state index in [4.69, 9.17) is 39.9 Å². The van der Waals surface area contributed by atoms with Crippen LogP contribution in [0.1, 0.15) is 11.4 Å². The van der Waals surface area contributed by atoms with Gasteiger partial charge in [-0.3, -0.25) is 14.3 Å². The molecule has 0 fully saturated rings. The van der Waals surface area contributed by atoms with Gasteiger partial charge in [0.05, 0.1) is 64.1 Å². The van der Waals surface area contributed by atoms with Gasteiger partial charge >= 0.3 is 17.3 Å². The largest absolute Gasteiger partial charge is 0.492 e. The van der Waals surface area contributed by atoms with Crippen LogP contribution in [0.3, 0.4) is 0 Å². The van der Waals surface area contributed by atoms with Gasteiger partial charge in [0.2, 0.25) is 17.6 Å². The van der Waals surface area contributed by atoms with E-state index in [1.807, 2.05) is 0 Å². The summed E-state index contributed by atoms with van der Waals surface area (Å²) in [5.74, 6) is 1.46. The maximum Gasteiger partial charge on any atom is 0.463 e. The zero-order valence-electron chi connectivity index (χ0n) is 28.4. The number of ether oxygens (including phenoxy) is 6. The van der Waals surface area contributed by atoms with Crippen LogP contribution in [0.2, 0.25) is 0 Å². The Morgan fingerprint density at radius 1 is 0.642 bits per heavy atom. The smallest absolute Gasteiger partial charge is 0.463 e. The molecule has 6 heterocycles. The first kappa shape index (κ1) is 39.3. The lowest BCUT2D eigenvalue weighted by atomic mass is 10.3. The number of nitrogens with one attached hydrogen (secondary N) is 2. The number of anilines is 2. The van der Waals surface area contributed by atoms with E-state index >= 15 is 0 Å². The number of nitrogen functional groups attached to an aromatic ring is 2. The van der Waals surface area contributed by atoms with E-state index in [1.165, 1.54) is 51.8 Å². The van der Waals surface area contributed by atoms with Gasteiger partial charge in [-0.15, -0.1) is 0 Å². The molecule has 0 saturated heterocycles. The van der Waals surface area contributed by atoms with Crippen molar-refractivity contribution in [2.45, 2.75) is 13.1 Å². The molecule has 282 valence electrons. The van der Waals surface area contributed by atoms with Crippen molar-refractivity contribution < 1.29 is 38.4 Å². The van der Waals surface area contributed by atoms with Crippen LogP contribution in [0.4, 0.5) is 11.9 Å². The molecule has 0 aliphatic heterocycles. The van der Waals surface area contributed by atoms with Gasteiger partial charge in [0.15, 0.2) is 22.8 Å². The highest BCUT2D eigenvalue weighted by molar-refractivity contribution is 9.11. The molecule has 6 aromatic rings. The molecule has 6 aromatic heterocycles. The van der Waals surface area contributed by atoms with Crippen LogP contribution < -0.4 is 56.0 Å². The summed E-state index contributed by atoms with van der Waals surface area (Å²) in [5, 5.41) is 10.6. The molecule has 0 bridgehead atoms. The molecule has 0 amide bonds. The third-order valence-corrected chi connectivity index (χ3v) is 10.2. The summed E-state index contributed by atoms with van der Waals surface area (Å²) < 4.78 is 36.8. The molecule has 7 N–H and O–H groups in total. The first-order valence-corrected chi connectivity index (χ1v) is 17.7. The van der Waals surface area contributed by atoms with Gasteiger partial charge in [0.1, 0.15) is 31.3 Å². The Labute approximate surface area is 331 Å². The van der Waals surface area contributed by atoms with Crippen LogP contribution >= 0.6 is 63.7 Å². The monoisotopic (exact) mass is 993 g/mol. The molecule has 0 aromatic carbocycles. The second-order valence-corrected chi connectivity index (χ2v) is 13.4. The summed E-state index contributed by atoms with van der Waals surface area (Å²) in [6, 6.07) is 0. The zero-order valence-corrected chi connectivity index (χ0v) is 34.7. The highest BCUT2D eigenvalue weighted by atomic mass is 79.9. The van der Waals surface area contributed by atoms with Crippen molar-refractivity contribution in [3.63, 3.8) is 0 Å². The molecular formula is C28H29Br4N12O9+. The lowest BCUT2D eigenvalue weighted by molar-refractivity contribution is -0.911. The summed E-state index contributed by atoms with van der Waals surface area (Å²) in [7, 11) is 8.66. The molecule has 21 nitrogen and oxygen atoms in total. The normalized spacial score (nSPS) is 11.0. The first-order valence-electron chi connectivity index (χ1n) is 14.5. The number of pyridine rings is 2. The van der Waals surface area contributed by atoms with Gasteiger partial charge in [-0.2, -0.15) is 9.97 Å². The molecule has 25 heteroatoms. The van der Waals surface area contributed by atoms with Crippen molar-refractivity contribution in [1.82, 2.24) is 44.0 Å². The van der Waals surface area contributed by atoms with Crippen molar-refractivity contribution >= 4 is 97.9 Å². The van der Waals surface area contributed by atoms with Crippen LogP contribution in [-0.2, 0) is 13.1 Å². The Balaban J connectivity index is 0.000000204. The number of nitrogens with zero attached hydrogens (tertiary/aromatic N) is 8. The van der Waals surface area contributed by atoms with Crippen molar-refractivity contribution in [1.29, 1.82) is 0 Å². The number of hydrogen-bond acceptors (Lipinski definition) is 16. The van der Waals surface area contributed by atoms with E-state index in [0.29, 0.717) is 52.0 Å². The predicted molar refractivity (Wildman–Crippen MR) is 201 cm³/mol. The fourth-order valence-corrected chi connectivity index (χ4v) is 7.20. The van der Waals surface area contributed by atoms with E-state index in [-0.39, 0.29) is 65.3 Å². The topological polar surface area (TPSA) is 272 Å². The standard InChI is InChI=1S/C14H14Br2N6O5.C14H14Br2N6O4/c1-25-8-6(15)5(22(24)12(27-3)9(8)26-2)4-21-11-7(18-14(21)23)10(16)19-13(17)20-11;1-24-8-6(15)5(18-12(26-3)9(8)25-2)4-22-11-7(19-14(22)23)10(16)20-13(17)21-11/h4H2,1-3H3,(H3-,17,18,19,20,23,24);4H2,1-3H3,(H,19,23)(H2,17,20,21)/p+1. The van der Waals surface area contributed by atoms with E-state index in [1.54, 1.807) is 0 Å². The molecular weight excluding hydrogens is 968 g/mol. The number of imidazole rings is 2. The number of fused-ring (bicyclic) bond motifs is 2. The van der Waals surface area contributed by atoms with Gasteiger partial charge in [0.25, 0.3) is 17.3 Å². The van der Waals surface area contributed by atoms with Crippen LogP contribution in [-0.4, -0.2) is 91.9 Å². The predicted octanol–water partition coefficient (Wildman–Crippen LogP) is 2.52. The van der Waals surface area contributed by atoms with E-state index in [9.17, 15) is 14.8 Å². The van der Waals surface area contributed by atoms with E-state index < -0.39 is 5.69 Å². The molecule has 0 unspecified atom stereocenters. The highest BCUT2D eigenvalue weighted by Gasteiger charge is 2.35. The summed E-state index contributed by atoms with van der Waals surface area (Å²) in [6.45, 7) is -0.00541. The Hall–Kier alpha value is -4.88. The molecule has 0 aliphatic carbocycles. The van der Waals surface area contributed by atoms with Crippen LogP contribution in [0, 0.1) is 0 Å². The third kappa shape index (κ3) is 7.24. The van der Waals surface area contributed by atoms with Crippen LogP contribution in [0.25, 0.3) is 22.3 Å². The summed E-state index contributed by atoms with van der Waals surface area (Å²) in [6.07, 6.45) is 0. The second-order valence-electron chi connectivity index (χ2n) is 10.3. The fourth-order valence-electron chi connectivity index (χ4n) is 5.09. The molecule has 0 aliphatic rings. The SMILES string of the molecule is COc1c(Br)c(Cn2c(=O)[nH]c3c(Br)nc(N)nc32)[n+](O)c(OC)c1OC.COc1nc(Cn2c(=O)[nH]c3c(Br)nc(N)nc32)c(Br)c(OC)c1OC. The fraction of sp³-hybridized carbons (Fsp3) is 0.286. The summed E-state index contributed by atoms with van der Waals surface area (Å²) in [5.41, 5.74) is 12.7. The second kappa shape index (κ2) is 16.0. The number of aromatic amines is 2. The quantitative estimate of drug-likeness (QED) is 0.0750. The minimum absolute atomic E-state index is 0.00393. The van der Waals surface area contributed by atoms with Crippen LogP contribution in [0.5, 0.6) is 34.8 Å². The van der Waals surface area contributed by atoms with Crippen molar-refractivity contribution in [3.8, 4) is 34.8 Å². The average molecular weight is 997 g/mol. The number of halogens is 4. The maximum atomic E-state index is 12.4. The molecule has 6 rings (SSSR count). The third-order valence-electron chi connectivity index (χ3n) is 7.40. The number of rotatable bonds is 10. The van der Waals surface area contributed by atoms with Gasteiger partial charge in [-0.25, -0.2) is 24.5 Å². The summed E-state index contributed by atoms with van der Waals surface area (Å²) >= 11 is 13.3. The Bertz CT molecular complexity index is 2450. The van der Waals surface area contributed by atoms with Gasteiger partial charge in [-0.05, 0) is 63.7 Å². The Morgan fingerprint density at radius 3 is 1.57 bits per heavy atom. The van der Waals surface area contributed by atoms with Gasteiger partial charge < -0.3 is 49.9 Å². The number of aromatic nitrogens is 10. The number of nitrogens with two attached hydrogens (primary N) is 2. The van der Waals surface area contributed by atoms with Crippen molar-refractivity contribution in [2.75, 3.05) is 54.1 Å². The number of methoxy groups -OCH3 is 6. The molecule has 0 radical (unpaired) electrons. The van der Waals surface area contributed by atoms with Gasteiger partial charge in [0, 0.05) is 0 Å². The van der Waals surface area contributed by atoms with Crippen LogP contribution in [0.15, 0.2) is 27.7 Å². The maximum absolute atomic E-state index is 12.4. The number of hydrogen-bond donors (Lipinski definition) is 5. The van der Waals surface area contributed by atoms with E-state index in [2.05, 4.69) is 98.6 Å². The Morgan fingerprint density at radius 2 is 1.11 bits per heavy atom. The number of H-pyrrole nitrogens is 2. The minimum atomic E-state index is -0.466. The molecule has 0 atom stereocenters. The minimum Gasteiger partial charge on any atom is -0.492 e. The zero-order chi connectivity index (χ0) is 38.9. The van der Waals surface area contributed by atoms with E-state index in [0.717, 1.165) is 4.73 Å². The molecule has 0 saturated carbocycles. The average Bonchev–Trinajstić information content (AvgIpc) is 3.61. The first-order chi connectivity index (χ1) is 25.2. The van der Waals surface area contributed by atoms with Crippen molar-refractivity contribution in [3.05, 3.63) is 50.5 Å². The highest BCUT2D eigenvalue weighted by Crippen LogP contribution is 2.43. The summed E-state index contributed by atoms with van der Waals surface area (Å²) in [4.78, 5) is 50.8. The lowest BCUT2D eigenvalue weighted by Crippen LogP contribution is -2.40. The molecule has 53 heavy (non-hydrogen) atoms. The lowest BCUT2D eigenvalue weighted by Gasteiger charge is -2.15. The molecule has 0 spiro atoms. The van der Waals surface area contributed by atoms with Crippen molar-refractivity contribution in [2.24, 2.45) is 0 Å². The van der Waals surface area contributed by atoms with Gasteiger partial charge in [-0.1, -0.05) is 0 Å².